The molecule has 0 rings (SSSR count). The lowest BCUT2D eigenvalue weighted by Crippen LogP contribution is -2.30. The Morgan fingerprint density at radius 3 is 0.798 bits per heavy atom. The molecule has 0 bridgehead atoms. The predicted molar refractivity (Wildman–Crippen MR) is 454 cm³/mol. The first-order valence-electron chi connectivity index (χ1n) is 43.5. The third-order valence-electron chi connectivity index (χ3n) is 18.3. The number of aliphatic hydroxyl groups is 2. The van der Waals surface area contributed by atoms with Crippen molar-refractivity contribution in [2.24, 2.45) is 0 Å². The summed E-state index contributed by atoms with van der Waals surface area (Å²) in [6.45, 7) is 2.54. The molecule has 5 atom stereocenters. The van der Waals surface area contributed by atoms with Gasteiger partial charge in [0.15, 0.2) is 6.10 Å². The first-order chi connectivity index (χ1) is 53.2. The summed E-state index contributed by atoms with van der Waals surface area (Å²) in [4.78, 5) is 58.7. The molecule has 5 unspecified atom stereocenters. The van der Waals surface area contributed by atoms with Crippen LogP contribution in [0.2, 0.25) is 0 Å². The molecule has 0 aromatic carbocycles. The largest absolute Gasteiger partial charge is 0.472 e. The lowest BCUT2D eigenvalue weighted by molar-refractivity contribution is -0.161. The standard InChI is InChI=1S/C91H158O16P2/c1-4-7-10-13-16-19-22-25-27-29-31-33-35-37-38-39-40-41-42-43-44-45-46-48-50-51-53-55-57-60-62-65-68-71-74-77-89(94)101-80-86(92)81-103-108(97,98)104-82-87(93)83-105-109(99,100)106-85-88(107-91(96)79-76-73-70-67-64-59-24-21-18-15-12-9-6-3)84-102-90(95)78-75-72-69-66-63-61-58-56-54-52-49-47-36-34-32-30-28-26-23-20-17-14-11-8-5-2/h7,10,16-17,19-21,24-28,31-34,37-38,40-41,47,49,86-88,92-93H,4-6,8-9,11-15,18,22-23,29-30,35-36,39,42-46,48,50-85H2,1-3H3,(H,97,98)(H,99,100)/b10-7-,19-16-,20-17-,24-21-,27-25-,28-26-,33-31-,34-32-,38-37-,41-40-,49-47-. The summed E-state index contributed by atoms with van der Waals surface area (Å²) >= 11 is 0. The van der Waals surface area contributed by atoms with E-state index in [0.29, 0.717) is 19.3 Å². The number of phosphoric acid groups is 2. The zero-order valence-corrected chi connectivity index (χ0v) is 70.7. The third kappa shape index (κ3) is 84.4. The average Bonchev–Trinajstić information content (AvgIpc) is 0.905. The molecular weight excluding hydrogens is 1410 g/mol. The van der Waals surface area contributed by atoms with Crippen LogP contribution in [0.5, 0.6) is 0 Å². The first-order valence-corrected chi connectivity index (χ1v) is 46.5. The molecular formula is C91H158O16P2. The smallest absolute Gasteiger partial charge is 0.463 e. The molecule has 0 aliphatic heterocycles. The molecule has 0 radical (unpaired) electrons. The van der Waals surface area contributed by atoms with Gasteiger partial charge in [-0.05, 0) is 141 Å². The summed E-state index contributed by atoms with van der Waals surface area (Å²) < 4.78 is 61.2. The van der Waals surface area contributed by atoms with E-state index in [4.69, 9.17) is 32.3 Å². The van der Waals surface area contributed by atoms with E-state index in [2.05, 4.69) is 154 Å². The topological polar surface area (TPSA) is 231 Å². The van der Waals surface area contributed by atoms with E-state index >= 15 is 0 Å². The number of phosphoric ester groups is 2. The minimum atomic E-state index is -4.93. The van der Waals surface area contributed by atoms with Gasteiger partial charge in [-0.25, -0.2) is 9.13 Å². The van der Waals surface area contributed by atoms with Gasteiger partial charge in [-0.3, -0.25) is 32.5 Å². The van der Waals surface area contributed by atoms with Crippen molar-refractivity contribution < 1.29 is 75.8 Å². The van der Waals surface area contributed by atoms with Crippen LogP contribution in [0.4, 0.5) is 0 Å². The summed E-state index contributed by atoms with van der Waals surface area (Å²) in [5.41, 5.74) is 0. The second kappa shape index (κ2) is 83.1. The number of carbonyl (C=O) groups excluding carboxylic acids is 3. The average molecular weight is 1570 g/mol. The molecule has 0 aromatic rings. The van der Waals surface area contributed by atoms with Crippen LogP contribution in [0.25, 0.3) is 0 Å². The Kier molecular flexibility index (Phi) is 79.8. The second-order valence-electron chi connectivity index (χ2n) is 29.0. The van der Waals surface area contributed by atoms with Gasteiger partial charge in [-0.2, -0.15) is 0 Å². The van der Waals surface area contributed by atoms with Crippen molar-refractivity contribution in [3.8, 4) is 0 Å². The number of hydrogen-bond acceptors (Lipinski definition) is 14. The maximum atomic E-state index is 13.0. The number of allylic oxidation sites excluding steroid dienone is 22. The van der Waals surface area contributed by atoms with Gasteiger partial charge in [0, 0.05) is 19.3 Å². The molecule has 0 aliphatic carbocycles. The SMILES string of the molecule is CC/C=C\C/C=C\C/C=C\C/C=C\C/C=C\C/C=C\CCCCCCCCCCCCCCCCCCC(=O)OCC(O)COP(=O)(O)OCC(O)COP(=O)(O)OCC(COC(=O)CCCCCCCCCCC/C=C\C/C=C\C/C=C\C/C=C\CCCCC)OC(=O)CCCCCCC/C=C\CCCCCC. The molecule has 109 heavy (non-hydrogen) atoms. The lowest BCUT2D eigenvalue weighted by Gasteiger charge is -2.21. The maximum absolute atomic E-state index is 13.0. The molecule has 0 aromatic heterocycles. The van der Waals surface area contributed by atoms with Crippen molar-refractivity contribution in [3.63, 3.8) is 0 Å². The Bertz CT molecular complexity index is 2510. The molecule has 0 fully saturated rings. The lowest BCUT2D eigenvalue weighted by atomic mass is 10.0. The van der Waals surface area contributed by atoms with Crippen molar-refractivity contribution in [1.29, 1.82) is 0 Å². The van der Waals surface area contributed by atoms with Crippen molar-refractivity contribution >= 4 is 33.6 Å². The number of ether oxygens (including phenoxy) is 3. The van der Waals surface area contributed by atoms with Crippen molar-refractivity contribution in [3.05, 3.63) is 134 Å². The highest BCUT2D eigenvalue weighted by Gasteiger charge is 2.29. The van der Waals surface area contributed by atoms with Gasteiger partial charge in [0.2, 0.25) is 0 Å². The highest BCUT2D eigenvalue weighted by molar-refractivity contribution is 7.47. The minimum absolute atomic E-state index is 0.0927. The van der Waals surface area contributed by atoms with Gasteiger partial charge in [0.25, 0.3) is 0 Å². The Morgan fingerprint density at radius 1 is 0.266 bits per heavy atom. The van der Waals surface area contributed by atoms with Crippen LogP contribution in [-0.4, -0.2) is 95.9 Å². The summed E-state index contributed by atoms with van der Waals surface area (Å²) in [6, 6.07) is 0. The Labute approximate surface area is 665 Å². The zero-order valence-electron chi connectivity index (χ0n) is 68.9. The predicted octanol–water partition coefficient (Wildman–Crippen LogP) is 26.2. The zero-order chi connectivity index (χ0) is 79.4. The van der Waals surface area contributed by atoms with E-state index < -0.39 is 91.5 Å². The number of aliphatic hydroxyl groups excluding tert-OH is 2. The van der Waals surface area contributed by atoms with Crippen LogP contribution in [0.1, 0.15) is 367 Å². The van der Waals surface area contributed by atoms with E-state index in [1.165, 1.54) is 161 Å². The molecule has 0 spiro atoms. The van der Waals surface area contributed by atoms with Gasteiger partial charge in [0.05, 0.1) is 26.4 Å². The van der Waals surface area contributed by atoms with Crippen molar-refractivity contribution in [1.82, 2.24) is 0 Å². The molecule has 0 amide bonds. The molecule has 628 valence electrons. The molecule has 0 aliphatic rings. The molecule has 4 N–H and O–H groups in total. The van der Waals surface area contributed by atoms with Gasteiger partial charge in [0.1, 0.15) is 25.4 Å². The molecule has 16 nitrogen and oxygen atoms in total. The minimum Gasteiger partial charge on any atom is -0.463 e. The van der Waals surface area contributed by atoms with Crippen LogP contribution in [0.3, 0.4) is 0 Å². The van der Waals surface area contributed by atoms with E-state index in [1.807, 2.05) is 0 Å². The number of carbonyl (C=O) groups is 3. The van der Waals surface area contributed by atoms with Crippen LogP contribution in [-0.2, 0) is 55.8 Å². The molecule has 0 saturated carbocycles. The van der Waals surface area contributed by atoms with E-state index in [1.54, 1.807) is 0 Å². The normalized spacial score (nSPS) is 14.5. The number of esters is 3. The molecule has 0 saturated heterocycles. The number of rotatable bonds is 82. The monoisotopic (exact) mass is 1570 g/mol. The fraction of sp³-hybridized carbons (Fsp3) is 0.725. The van der Waals surface area contributed by atoms with Crippen LogP contribution in [0, 0.1) is 0 Å². The quantitative estimate of drug-likeness (QED) is 0.0146. The number of unbranched alkanes of at least 4 members (excludes halogenated alkanes) is 37. The van der Waals surface area contributed by atoms with Crippen molar-refractivity contribution in [2.75, 3.05) is 39.6 Å². The van der Waals surface area contributed by atoms with Gasteiger partial charge in [-0.15, -0.1) is 0 Å². The molecule has 0 heterocycles. The van der Waals surface area contributed by atoms with Gasteiger partial charge < -0.3 is 34.2 Å². The summed E-state index contributed by atoms with van der Waals surface area (Å²) in [5, 5.41) is 20.7. The van der Waals surface area contributed by atoms with Crippen LogP contribution in [0.15, 0.2) is 134 Å². The Hall–Kier alpha value is -4.31. The highest BCUT2D eigenvalue weighted by Crippen LogP contribution is 2.45. The molecule has 18 heteroatoms. The Morgan fingerprint density at radius 2 is 0.486 bits per heavy atom. The summed E-state index contributed by atoms with van der Waals surface area (Å²) in [5.74, 6) is -1.58. The fourth-order valence-electron chi connectivity index (χ4n) is 11.7. The van der Waals surface area contributed by atoms with E-state index in [0.717, 1.165) is 148 Å². The summed E-state index contributed by atoms with van der Waals surface area (Å²) in [6.07, 6.45) is 102. The third-order valence-corrected chi connectivity index (χ3v) is 20.2. The van der Waals surface area contributed by atoms with Gasteiger partial charge in [-0.1, -0.05) is 341 Å². The van der Waals surface area contributed by atoms with Crippen molar-refractivity contribution in [2.45, 2.75) is 386 Å². The first kappa shape index (κ1) is 105. The van der Waals surface area contributed by atoms with Gasteiger partial charge >= 0.3 is 33.6 Å². The number of hydrogen-bond donors (Lipinski definition) is 4. The fourth-order valence-corrected chi connectivity index (χ4v) is 13.3. The highest BCUT2D eigenvalue weighted by atomic mass is 31.2. The van der Waals surface area contributed by atoms with Crippen LogP contribution >= 0.6 is 15.6 Å². The van der Waals surface area contributed by atoms with E-state index in [-0.39, 0.29) is 19.3 Å². The Balaban J connectivity index is 4.40. The second-order valence-corrected chi connectivity index (χ2v) is 31.9. The van der Waals surface area contributed by atoms with E-state index in [9.17, 15) is 43.5 Å². The maximum Gasteiger partial charge on any atom is 0.472 e. The van der Waals surface area contributed by atoms with Crippen LogP contribution < -0.4 is 0 Å². The summed E-state index contributed by atoms with van der Waals surface area (Å²) in [7, 11) is -9.79.